The molecule has 1 aromatic carbocycles. The number of rotatable bonds is 4. The molecule has 2 aromatic heterocycles. The van der Waals surface area contributed by atoms with E-state index in [0.29, 0.717) is 18.0 Å². The molecule has 1 saturated carbocycles. The van der Waals surface area contributed by atoms with Gasteiger partial charge in [-0.15, -0.1) is 0 Å². The number of piperidine rings is 1. The zero-order valence-corrected chi connectivity index (χ0v) is 14.4. The van der Waals surface area contributed by atoms with Crippen molar-refractivity contribution in [1.82, 2.24) is 25.5 Å². The minimum absolute atomic E-state index is 0.538. The maximum Gasteiger partial charge on any atom is 0.227 e. The fourth-order valence-corrected chi connectivity index (χ4v) is 4.26. The van der Waals surface area contributed by atoms with Gasteiger partial charge in [-0.05, 0) is 43.4 Å². The summed E-state index contributed by atoms with van der Waals surface area (Å²) in [6.07, 6.45) is 7.61. The molecule has 0 spiro atoms. The van der Waals surface area contributed by atoms with Gasteiger partial charge in [0.25, 0.3) is 0 Å². The Kier molecular flexibility index (Phi) is 3.02. The molecule has 26 heavy (non-hydrogen) atoms. The van der Waals surface area contributed by atoms with Gasteiger partial charge in [0.2, 0.25) is 5.95 Å². The number of piperazine rings is 1. The lowest BCUT2D eigenvalue weighted by atomic mass is 9.89. The predicted molar refractivity (Wildman–Crippen MR) is 101 cm³/mol. The molecule has 3 aromatic rings. The van der Waals surface area contributed by atoms with Crippen molar-refractivity contribution in [2.75, 3.05) is 23.3 Å². The Morgan fingerprint density at radius 2 is 2.00 bits per heavy atom. The molecule has 6 rings (SSSR count). The van der Waals surface area contributed by atoms with E-state index in [1.165, 1.54) is 24.8 Å². The third-order valence-electron chi connectivity index (χ3n) is 5.85. The Morgan fingerprint density at radius 1 is 1.12 bits per heavy atom. The lowest BCUT2D eigenvalue weighted by Gasteiger charge is -2.53. The van der Waals surface area contributed by atoms with Crippen LogP contribution in [0.4, 0.5) is 17.5 Å². The third-order valence-corrected chi connectivity index (χ3v) is 5.85. The van der Waals surface area contributed by atoms with Gasteiger partial charge in [-0.3, -0.25) is 5.10 Å². The normalized spacial score (nSPS) is 24.5. The third kappa shape index (κ3) is 2.27. The van der Waals surface area contributed by atoms with Crippen LogP contribution in [0.25, 0.3) is 10.9 Å². The van der Waals surface area contributed by atoms with Crippen molar-refractivity contribution in [3.05, 3.63) is 36.2 Å². The van der Waals surface area contributed by atoms with Gasteiger partial charge in [0.15, 0.2) is 0 Å². The van der Waals surface area contributed by atoms with Crippen LogP contribution in [0.15, 0.2) is 30.6 Å². The van der Waals surface area contributed by atoms with E-state index in [9.17, 15) is 0 Å². The van der Waals surface area contributed by atoms with E-state index in [1.54, 1.807) is 0 Å². The maximum atomic E-state index is 4.95. The van der Waals surface area contributed by atoms with E-state index in [1.807, 2.05) is 12.4 Å². The molecular formula is C19H21N7. The summed E-state index contributed by atoms with van der Waals surface area (Å²) in [4.78, 5) is 12.1. The quantitative estimate of drug-likeness (QED) is 0.673. The largest absolute Gasteiger partial charge is 0.340 e. The zero-order chi connectivity index (χ0) is 17.1. The van der Waals surface area contributed by atoms with E-state index in [-0.39, 0.29) is 0 Å². The summed E-state index contributed by atoms with van der Waals surface area (Å²) in [5, 5.41) is 15.2. The number of aromatic nitrogens is 4. The second-order valence-corrected chi connectivity index (χ2v) is 7.65. The molecule has 2 saturated heterocycles. The predicted octanol–water partition coefficient (Wildman–Crippen LogP) is 2.52. The number of fused-ring (bicyclic) bond motifs is 3. The molecule has 3 N–H and O–H groups in total. The first-order valence-electron chi connectivity index (χ1n) is 9.41. The molecule has 7 nitrogen and oxygen atoms in total. The van der Waals surface area contributed by atoms with Crippen molar-refractivity contribution >= 4 is 28.4 Å². The number of anilines is 3. The van der Waals surface area contributed by atoms with E-state index in [0.717, 1.165) is 41.4 Å². The van der Waals surface area contributed by atoms with Gasteiger partial charge in [0, 0.05) is 48.0 Å². The Labute approximate surface area is 151 Å². The van der Waals surface area contributed by atoms with E-state index < -0.39 is 0 Å². The molecule has 0 amide bonds. The SMILES string of the molecule is c1cc2[nH]ncc2cc1Nc1nc(N2C3CNCC2C3)ncc1C1CC1. The monoisotopic (exact) mass is 347 g/mol. The highest BCUT2D eigenvalue weighted by atomic mass is 15.4. The Morgan fingerprint density at radius 3 is 2.81 bits per heavy atom. The van der Waals surface area contributed by atoms with Crippen molar-refractivity contribution in [3.63, 3.8) is 0 Å². The van der Waals surface area contributed by atoms with E-state index in [4.69, 9.17) is 9.97 Å². The number of hydrogen-bond acceptors (Lipinski definition) is 6. The zero-order valence-electron chi connectivity index (χ0n) is 14.4. The molecule has 132 valence electrons. The Balaban J connectivity index is 1.36. The van der Waals surface area contributed by atoms with Crippen LogP contribution in [-0.2, 0) is 0 Å². The van der Waals surface area contributed by atoms with Gasteiger partial charge >= 0.3 is 0 Å². The second-order valence-electron chi connectivity index (χ2n) is 7.65. The number of nitrogens with zero attached hydrogens (tertiary/aromatic N) is 4. The Hall–Kier alpha value is -2.67. The van der Waals surface area contributed by atoms with Gasteiger partial charge in [0.1, 0.15) is 5.82 Å². The molecule has 2 unspecified atom stereocenters. The molecule has 0 radical (unpaired) electrons. The van der Waals surface area contributed by atoms with Crippen LogP contribution in [-0.4, -0.2) is 45.3 Å². The lowest BCUT2D eigenvalue weighted by molar-refractivity contribution is 0.258. The van der Waals surface area contributed by atoms with E-state index in [2.05, 4.69) is 43.9 Å². The molecule has 3 aliphatic rings. The van der Waals surface area contributed by atoms with Gasteiger partial charge < -0.3 is 15.5 Å². The fourth-order valence-electron chi connectivity index (χ4n) is 4.26. The van der Waals surface area contributed by atoms with Crippen molar-refractivity contribution in [2.45, 2.75) is 37.3 Å². The number of H-pyrrole nitrogens is 1. The molecule has 2 atom stereocenters. The van der Waals surface area contributed by atoms with Gasteiger partial charge in [-0.2, -0.15) is 10.1 Å². The summed E-state index contributed by atoms with van der Waals surface area (Å²) in [6, 6.07) is 7.31. The summed E-state index contributed by atoms with van der Waals surface area (Å²) in [5.41, 5.74) is 3.32. The highest BCUT2D eigenvalue weighted by Crippen LogP contribution is 2.44. The molecule has 2 aliphatic heterocycles. The molecular weight excluding hydrogens is 326 g/mol. The molecule has 1 aliphatic carbocycles. The lowest BCUT2D eigenvalue weighted by Crippen LogP contribution is -2.68. The van der Waals surface area contributed by atoms with Crippen molar-refractivity contribution in [2.24, 2.45) is 0 Å². The van der Waals surface area contributed by atoms with Crippen molar-refractivity contribution in [1.29, 1.82) is 0 Å². The first-order chi connectivity index (χ1) is 12.8. The summed E-state index contributed by atoms with van der Waals surface area (Å²) in [5.74, 6) is 2.42. The topological polar surface area (TPSA) is 81.8 Å². The first kappa shape index (κ1) is 14.5. The van der Waals surface area contributed by atoms with Gasteiger partial charge in [-0.1, -0.05) is 0 Å². The summed E-state index contributed by atoms with van der Waals surface area (Å²) in [7, 11) is 0. The standard InChI is InChI=1S/C19H21N7/c1-2-11(1)16-10-21-19(26-14-6-15(26)9-20-8-14)24-18(16)23-13-3-4-17-12(5-13)7-22-25-17/h3-5,7,10-11,14-15,20H,1-2,6,8-9H2,(H,22,25)(H,21,23,24). The average molecular weight is 347 g/mol. The maximum absolute atomic E-state index is 4.95. The van der Waals surface area contributed by atoms with Crippen molar-refractivity contribution in [3.8, 4) is 0 Å². The molecule has 7 heteroatoms. The van der Waals surface area contributed by atoms with Gasteiger partial charge in [0.05, 0.1) is 11.7 Å². The van der Waals surface area contributed by atoms with Crippen LogP contribution in [0.3, 0.4) is 0 Å². The number of nitrogens with one attached hydrogen (secondary N) is 3. The fraction of sp³-hybridized carbons (Fsp3) is 0.421. The first-order valence-corrected chi connectivity index (χ1v) is 9.41. The summed E-state index contributed by atoms with van der Waals surface area (Å²) < 4.78 is 0. The van der Waals surface area contributed by atoms with Gasteiger partial charge in [-0.25, -0.2) is 4.98 Å². The Bertz CT molecular complexity index is 963. The van der Waals surface area contributed by atoms with Crippen LogP contribution < -0.4 is 15.5 Å². The van der Waals surface area contributed by atoms with Crippen LogP contribution in [0.5, 0.6) is 0 Å². The highest BCUT2D eigenvalue weighted by Gasteiger charge is 2.43. The summed E-state index contributed by atoms with van der Waals surface area (Å²) in [6.45, 7) is 2.06. The van der Waals surface area contributed by atoms with Crippen LogP contribution in [0.2, 0.25) is 0 Å². The van der Waals surface area contributed by atoms with Crippen LogP contribution >= 0.6 is 0 Å². The molecule has 3 fully saturated rings. The minimum atomic E-state index is 0.538. The average Bonchev–Trinajstić information content (AvgIpc) is 3.39. The summed E-state index contributed by atoms with van der Waals surface area (Å²) >= 11 is 0. The van der Waals surface area contributed by atoms with Crippen LogP contribution in [0, 0.1) is 0 Å². The van der Waals surface area contributed by atoms with Crippen molar-refractivity contribution < 1.29 is 0 Å². The number of benzene rings is 1. The van der Waals surface area contributed by atoms with Crippen LogP contribution in [0.1, 0.15) is 30.7 Å². The minimum Gasteiger partial charge on any atom is -0.340 e. The molecule has 2 bridgehead atoms. The second kappa shape index (κ2) is 5.41. The highest BCUT2D eigenvalue weighted by molar-refractivity contribution is 5.83. The number of aromatic amines is 1. The van der Waals surface area contributed by atoms with E-state index >= 15 is 0 Å². The molecule has 4 heterocycles. The smallest absolute Gasteiger partial charge is 0.227 e. The number of hydrogen-bond donors (Lipinski definition) is 3.